The number of benzene rings is 1. The van der Waals surface area contributed by atoms with E-state index in [1.807, 2.05) is 36.9 Å². The topological polar surface area (TPSA) is 90.6 Å². The molecule has 3 rings (SSSR count). The van der Waals surface area contributed by atoms with Crippen LogP contribution < -0.4 is 4.90 Å². The summed E-state index contributed by atoms with van der Waals surface area (Å²) in [6.07, 6.45) is -0.279. The van der Waals surface area contributed by atoms with Gasteiger partial charge >= 0.3 is 0 Å². The first-order chi connectivity index (χ1) is 11.3. The average Bonchev–Trinajstić information content (AvgIpc) is 2.92. The number of amides is 1. The molecule has 8 heteroatoms. The standard InChI is InChI=1S/C16H17N3O3S2/c1-10-4-3-5-11(2)15(10)19-12-8-24(21,22)9-13(12)23-16(19)18-14(20)6-7-17/h3-5,12-13H,6,8-9H2,1-2H3/t12-,13+/m0/s1. The van der Waals surface area contributed by atoms with Crippen LogP contribution in [0.1, 0.15) is 17.5 Å². The maximum absolute atomic E-state index is 12.0. The third-order valence-electron chi connectivity index (χ3n) is 4.20. The van der Waals surface area contributed by atoms with Gasteiger partial charge in [0, 0.05) is 10.9 Å². The number of para-hydroxylation sites is 1. The van der Waals surface area contributed by atoms with Crippen molar-refractivity contribution in [1.29, 1.82) is 5.26 Å². The minimum Gasteiger partial charge on any atom is -0.315 e. The predicted molar refractivity (Wildman–Crippen MR) is 94.9 cm³/mol. The van der Waals surface area contributed by atoms with E-state index < -0.39 is 15.7 Å². The number of rotatable bonds is 2. The van der Waals surface area contributed by atoms with Crippen molar-refractivity contribution < 1.29 is 13.2 Å². The van der Waals surface area contributed by atoms with E-state index in [1.54, 1.807) is 6.07 Å². The van der Waals surface area contributed by atoms with Crippen molar-refractivity contribution in [2.45, 2.75) is 31.6 Å². The molecule has 1 aromatic rings. The minimum absolute atomic E-state index is 0.0594. The Morgan fingerprint density at radius 1 is 1.38 bits per heavy atom. The second-order valence-electron chi connectivity index (χ2n) is 6.03. The lowest BCUT2D eigenvalue weighted by atomic mass is 10.1. The molecule has 2 aliphatic heterocycles. The molecule has 2 atom stereocenters. The number of sulfone groups is 1. The van der Waals surface area contributed by atoms with Gasteiger partial charge in [-0.1, -0.05) is 30.0 Å². The minimum atomic E-state index is -3.09. The molecule has 0 aromatic heterocycles. The number of anilines is 1. The molecule has 0 N–H and O–H groups in total. The predicted octanol–water partition coefficient (Wildman–Crippen LogP) is 1.82. The maximum atomic E-state index is 12.0. The zero-order valence-corrected chi connectivity index (χ0v) is 15.0. The van der Waals surface area contributed by atoms with Crippen LogP contribution in [0.25, 0.3) is 0 Å². The Labute approximate surface area is 145 Å². The summed E-state index contributed by atoms with van der Waals surface area (Å²) in [5.74, 6) is -0.349. The molecule has 126 valence electrons. The van der Waals surface area contributed by atoms with Gasteiger partial charge in [-0.25, -0.2) is 8.42 Å². The zero-order chi connectivity index (χ0) is 17.5. The van der Waals surface area contributed by atoms with E-state index in [-0.39, 0.29) is 29.2 Å². The van der Waals surface area contributed by atoms with Crippen molar-refractivity contribution in [3.8, 4) is 6.07 Å². The lowest BCUT2D eigenvalue weighted by Gasteiger charge is -2.27. The zero-order valence-electron chi connectivity index (χ0n) is 13.4. The van der Waals surface area contributed by atoms with Crippen LogP contribution in [-0.4, -0.2) is 42.3 Å². The number of carbonyl (C=O) groups is 1. The van der Waals surface area contributed by atoms with Crippen molar-refractivity contribution in [3.05, 3.63) is 29.3 Å². The van der Waals surface area contributed by atoms with Crippen molar-refractivity contribution in [3.63, 3.8) is 0 Å². The number of amidine groups is 1. The molecule has 0 spiro atoms. The Kier molecular flexibility index (Phi) is 4.40. The molecule has 0 aliphatic carbocycles. The van der Waals surface area contributed by atoms with Crippen LogP contribution in [0.15, 0.2) is 23.2 Å². The molecule has 6 nitrogen and oxygen atoms in total. The van der Waals surface area contributed by atoms with E-state index in [2.05, 4.69) is 4.99 Å². The number of thioether (sulfide) groups is 1. The van der Waals surface area contributed by atoms with E-state index in [1.165, 1.54) is 11.8 Å². The van der Waals surface area contributed by atoms with E-state index in [0.717, 1.165) is 16.8 Å². The largest absolute Gasteiger partial charge is 0.315 e. The summed E-state index contributed by atoms with van der Waals surface area (Å²) < 4.78 is 24.1. The number of hydrogen-bond donors (Lipinski definition) is 0. The third kappa shape index (κ3) is 3.06. The Hall–Kier alpha value is -1.85. The molecule has 1 amide bonds. The average molecular weight is 363 g/mol. The van der Waals surface area contributed by atoms with Crippen molar-refractivity contribution in [2.24, 2.45) is 4.99 Å². The van der Waals surface area contributed by atoms with Crippen LogP contribution in [0.4, 0.5) is 5.69 Å². The lowest BCUT2D eigenvalue weighted by Crippen LogP contribution is -2.38. The highest BCUT2D eigenvalue weighted by molar-refractivity contribution is 8.16. The van der Waals surface area contributed by atoms with Gasteiger partial charge in [0.1, 0.15) is 6.42 Å². The maximum Gasteiger partial charge on any atom is 0.262 e. The van der Waals surface area contributed by atoms with Crippen LogP contribution in [0.5, 0.6) is 0 Å². The molecule has 0 saturated carbocycles. The van der Waals surface area contributed by atoms with E-state index in [4.69, 9.17) is 5.26 Å². The van der Waals surface area contributed by atoms with Crippen molar-refractivity contribution in [1.82, 2.24) is 0 Å². The second kappa shape index (κ2) is 6.22. The number of aliphatic imine (C=N–C) groups is 1. The molecule has 2 saturated heterocycles. The Morgan fingerprint density at radius 3 is 2.67 bits per heavy atom. The van der Waals surface area contributed by atoms with Gasteiger partial charge in [-0.05, 0) is 25.0 Å². The van der Waals surface area contributed by atoms with Crippen LogP contribution in [0, 0.1) is 25.2 Å². The summed E-state index contributed by atoms with van der Waals surface area (Å²) in [4.78, 5) is 17.8. The van der Waals surface area contributed by atoms with Gasteiger partial charge in [0.15, 0.2) is 15.0 Å². The molecule has 2 aliphatic rings. The SMILES string of the molecule is Cc1cccc(C)c1N1C(=NC(=O)CC#N)S[C@@H]2CS(=O)(=O)C[C@@H]21. The summed E-state index contributed by atoms with van der Waals surface area (Å²) >= 11 is 1.32. The van der Waals surface area contributed by atoms with Crippen LogP contribution >= 0.6 is 11.8 Å². The van der Waals surface area contributed by atoms with Gasteiger partial charge < -0.3 is 4.90 Å². The summed E-state index contributed by atoms with van der Waals surface area (Å²) in [6, 6.07) is 7.43. The fourth-order valence-corrected chi connectivity index (χ4v) is 7.14. The fourth-order valence-electron chi connectivity index (χ4n) is 3.23. The highest BCUT2D eigenvalue weighted by atomic mass is 32.2. The first kappa shape index (κ1) is 17.0. The summed E-state index contributed by atoms with van der Waals surface area (Å²) in [5.41, 5.74) is 2.90. The molecule has 0 radical (unpaired) electrons. The second-order valence-corrected chi connectivity index (χ2v) is 9.39. The number of nitriles is 1. The Morgan fingerprint density at radius 2 is 2.04 bits per heavy atom. The number of fused-ring (bicyclic) bond motifs is 1. The normalized spacial score (nSPS) is 26.4. The molecular weight excluding hydrogens is 346 g/mol. The summed E-state index contributed by atoms with van der Waals surface area (Å²) in [7, 11) is -3.09. The molecular formula is C16H17N3O3S2. The smallest absolute Gasteiger partial charge is 0.262 e. The number of hydrogen-bond acceptors (Lipinski definition) is 5. The number of carbonyl (C=O) groups excluding carboxylic acids is 1. The van der Waals surface area contributed by atoms with Gasteiger partial charge in [0.05, 0.1) is 23.6 Å². The van der Waals surface area contributed by atoms with Gasteiger partial charge in [-0.3, -0.25) is 4.79 Å². The summed E-state index contributed by atoms with van der Waals surface area (Å²) in [5, 5.41) is 9.03. The van der Waals surface area contributed by atoms with Crippen molar-refractivity contribution >= 4 is 38.4 Å². The number of nitrogens with zero attached hydrogens (tertiary/aromatic N) is 3. The first-order valence-corrected chi connectivity index (χ1v) is 10.2. The Balaban J connectivity index is 2.09. The van der Waals surface area contributed by atoms with Gasteiger partial charge in [-0.15, -0.1) is 0 Å². The highest BCUT2D eigenvalue weighted by Gasteiger charge is 2.49. The van der Waals surface area contributed by atoms with E-state index in [0.29, 0.717) is 5.17 Å². The van der Waals surface area contributed by atoms with Crippen LogP contribution in [0.2, 0.25) is 0 Å². The van der Waals surface area contributed by atoms with Crippen molar-refractivity contribution in [2.75, 3.05) is 16.4 Å². The highest BCUT2D eigenvalue weighted by Crippen LogP contribution is 2.43. The molecule has 1 aromatic carbocycles. The van der Waals surface area contributed by atoms with Crippen LogP contribution in [0.3, 0.4) is 0 Å². The Bertz CT molecular complexity index is 851. The van der Waals surface area contributed by atoms with Gasteiger partial charge in [-0.2, -0.15) is 10.3 Å². The summed E-state index contributed by atoms with van der Waals surface area (Å²) in [6.45, 7) is 3.91. The lowest BCUT2D eigenvalue weighted by molar-refractivity contribution is -0.116. The third-order valence-corrected chi connectivity index (χ3v) is 7.41. The van der Waals surface area contributed by atoms with Crippen LogP contribution in [-0.2, 0) is 14.6 Å². The monoisotopic (exact) mass is 363 g/mol. The van der Waals surface area contributed by atoms with E-state index in [9.17, 15) is 13.2 Å². The van der Waals surface area contributed by atoms with Gasteiger partial charge in [0.25, 0.3) is 5.91 Å². The fraction of sp³-hybridized carbons (Fsp3) is 0.438. The van der Waals surface area contributed by atoms with E-state index >= 15 is 0 Å². The molecule has 24 heavy (non-hydrogen) atoms. The van der Waals surface area contributed by atoms with Gasteiger partial charge in [0.2, 0.25) is 0 Å². The molecule has 0 unspecified atom stereocenters. The first-order valence-electron chi connectivity index (χ1n) is 7.53. The number of aryl methyl sites for hydroxylation is 2. The quantitative estimate of drug-likeness (QED) is 0.796. The molecule has 0 bridgehead atoms. The molecule has 2 heterocycles. The molecule has 2 fully saturated rings.